The fourth-order valence-electron chi connectivity index (χ4n) is 2.75. The molecule has 0 radical (unpaired) electrons. The van der Waals surface area contributed by atoms with E-state index in [0.717, 1.165) is 32.5 Å². The number of ether oxygens (including phenoxy) is 2. The number of carbonyl (C=O) groups excluding carboxylic acids is 1. The molecule has 0 unspecified atom stereocenters. The number of para-hydroxylation sites is 1. The standard InChI is InChI=1S/C17H20N2O3/c1-21-17(20)22-14-7-10-19(11-8-14)9-6-13-12-18-16-5-3-2-4-15(13)16/h2-5,7,12,18H,6,8-11H2,1H3. The molecule has 3 rings (SSSR count). The van der Waals surface area contributed by atoms with Crippen LogP contribution < -0.4 is 0 Å². The van der Waals surface area contributed by atoms with Gasteiger partial charge in [0.2, 0.25) is 0 Å². The minimum absolute atomic E-state index is 0.640. The maximum atomic E-state index is 11.1. The summed E-state index contributed by atoms with van der Waals surface area (Å²) in [5.41, 5.74) is 2.53. The highest BCUT2D eigenvalue weighted by molar-refractivity contribution is 5.83. The van der Waals surface area contributed by atoms with Crippen molar-refractivity contribution in [2.45, 2.75) is 12.8 Å². The van der Waals surface area contributed by atoms with Gasteiger partial charge in [0.15, 0.2) is 0 Å². The maximum Gasteiger partial charge on any atom is 0.513 e. The number of rotatable bonds is 4. The van der Waals surface area contributed by atoms with Crippen LogP contribution in [0.15, 0.2) is 42.3 Å². The average Bonchev–Trinajstić information content (AvgIpc) is 2.97. The van der Waals surface area contributed by atoms with Crippen molar-refractivity contribution in [3.05, 3.63) is 47.9 Å². The fraction of sp³-hybridized carbons (Fsp3) is 0.353. The zero-order chi connectivity index (χ0) is 15.4. The van der Waals surface area contributed by atoms with Crippen molar-refractivity contribution < 1.29 is 14.3 Å². The number of nitrogens with one attached hydrogen (secondary N) is 1. The molecule has 116 valence electrons. The maximum absolute atomic E-state index is 11.1. The smallest absolute Gasteiger partial charge is 0.437 e. The van der Waals surface area contributed by atoms with Gasteiger partial charge in [0, 0.05) is 43.2 Å². The SMILES string of the molecule is COC(=O)OC1=CCN(CCc2c[nH]c3ccccc23)CC1. The molecule has 0 spiro atoms. The Morgan fingerprint density at radius 1 is 1.36 bits per heavy atom. The van der Waals surface area contributed by atoms with E-state index in [-0.39, 0.29) is 0 Å². The first-order valence-corrected chi connectivity index (χ1v) is 7.48. The van der Waals surface area contributed by atoms with Gasteiger partial charge in [-0.1, -0.05) is 18.2 Å². The summed E-state index contributed by atoms with van der Waals surface area (Å²) in [6.07, 6.45) is 5.15. The van der Waals surface area contributed by atoms with Gasteiger partial charge < -0.3 is 14.5 Å². The van der Waals surface area contributed by atoms with Gasteiger partial charge in [0.25, 0.3) is 0 Å². The molecule has 1 N–H and O–H groups in total. The lowest BCUT2D eigenvalue weighted by Crippen LogP contribution is -2.31. The zero-order valence-electron chi connectivity index (χ0n) is 12.7. The Morgan fingerprint density at radius 2 is 2.23 bits per heavy atom. The second-order valence-corrected chi connectivity index (χ2v) is 5.39. The van der Waals surface area contributed by atoms with E-state index >= 15 is 0 Å². The number of hydrogen-bond donors (Lipinski definition) is 1. The van der Waals surface area contributed by atoms with Gasteiger partial charge in [-0.05, 0) is 24.1 Å². The number of fused-ring (bicyclic) bond motifs is 1. The molecular formula is C17H20N2O3. The quantitative estimate of drug-likeness (QED) is 0.882. The molecule has 0 fully saturated rings. The van der Waals surface area contributed by atoms with Crippen LogP contribution in [0.3, 0.4) is 0 Å². The molecule has 0 aliphatic carbocycles. The number of methoxy groups -OCH3 is 1. The number of H-pyrrole nitrogens is 1. The van der Waals surface area contributed by atoms with Crippen LogP contribution in [0.4, 0.5) is 4.79 Å². The summed E-state index contributed by atoms with van der Waals surface area (Å²) in [5.74, 6) is 0.704. The Hall–Kier alpha value is -2.27. The molecule has 22 heavy (non-hydrogen) atoms. The van der Waals surface area contributed by atoms with Crippen LogP contribution in [0.5, 0.6) is 0 Å². The van der Waals surface area contributed by atoms with Crippen LogP contribution in [0.1, 0.15) is 12.0 Å². The third kappa shape index (κ3) is 3.31. The minimum atomic E-state index is -0.640. The van der Waals surface area contributed by atoms with Crippen molar-refractivity contribution in [2.24, 2.45) is 0 Å². The lowest BCUT2D eigenvalue weighted by atomic mass is 10.1. The number of benzene rings is 1. The molecule has 1 aromatic carbocycles. The minimum Gasteiger partial charge on any atom is -0.437 e. The number of aromatic nitrogens is 1. The molecule has 1 aliphatic rings. The molecule has 0 saturated carbocycles. The first-order valence-electron chi connectivity index (χ1n) is 7.48. The lowest BCUT2D eigenvalue weighted by molar-refractivity contribution is 0.0906. The Labute approximate surface area is 129 Å². The van der Waals surface area contributed by atoms with Gasteiger partial charge in [-0.25, -0.2) is 4.79 Å². The third-order valence-electron chi connectivity index (χ3n) is 4.00. The molecule has 0 amide bonds. The molecule has 1 aromatic heterocycles. The van der Waals surface area contributed by atoms with Crippen molar-refractivity contribution in [1.82, 2.24) is 9.88 Å². The molecule has 5 heteroatoms. The monoisotopic (exact) mass is 300 g/mol. The Bertz CT molecular complexity index is 690. The summed E-state index contributed by atoms with van der Waals surface area (Å²) in [5, 5.41) is 1.30. The summed E-state index contributed by atoms with van der Waals surface area (Å²) >= 11 is 0. The number of hydrogen-bond acceptors (Lipinski definition) is 4. The molecule has 2 aromatic rings. The van der Waals surface area contributed by atoms with Crippen molar-refractivity contribution in [3.63, 3.8) is 0 Å². The van der Waals surface area contributed by atoms with E-state index < -0.39 is 6.16 Å². The van der Waals surface area contributed by atoms with Gasteiger partial charge in [0.05, 0.1) is 7.11 Å². The van der Waals surface area contributed by atoms with E-state index in [9.17, 15) is 4.79 Å². The topological polar surface area (TPSA) is 54.6 Å². The van der Waals surface area contributed by atoms with Gasteiger partial charge >= 0.3 is 6.16 Å². The Kier molecular flexibility index (Phi) is 4.44. The van der Waals surface area contributed by atoms with Crippen LogP contribution in [-0.4, -0.2) is 42.8 Å². The predicted octanol–water partition coefficient (Wildman–Crippen LogP) is 3.08. The molecule has 0 bridgehead atoms. The molecule has 1 aliphatic heterocycles. The van der Waals surface area contributed by atoms with Crippen molar-refractivity contribution in [3.8, 4) is 0 Å². The van der Waals surface area contributed by atoms with Crippen LogP contribution in [0, 0.1) is 0 Å². The van der Waals surface area contributed by atoms with E-state index in [0.29, 0.717) is 5.76 Å². The highest BCUT2D eigenvalue weighted by Crippen LogP contribution is 2.19. The summed E-state index contributed by atoms with van der Waals surface area (Å²) < 4.78 is 9.56. The van der Waals surface area contributed by atoms with Crippen LogP contribution >= 0.6 is 0 Å². The highest BCUT2D eigenvalue weighted by atomic mass is 16.7. The van der Waals surface area contributed by atoms with E-state index in [1.807, 2.05) is 12.1 Å². The number of aromatic amines is 1. The summed E-state index contributed by atoms with van der Waals surface area (Å²) in [6.45, 7) is 2.68. The highest BCUT2D eigenvalue weighted by Gasteiger charge is 2.15. The van der Waals surface area contributed by atoms with Gasteiger partial charge in [0.1, 0.15) is 5.76 Å². The largest absolute Gasteiger partial charge is 0.513 e. The van der Waals surface area contributed by atoms with E-state index in [2.05, 4.69) is 39.0 Å². The Morgan fingerprint density at radius 3 is 3.00 bits per heavy atom. The van der Waals surface area contributed by atoms with Gasteiger partial charge in [-0.15, -0.1) is 0 Å². The second-order valence-electron chi connectivity index (χ2n) is 5.39. The number of nitrogens with zero attached hydrogens (tertiary/aromatic N) is 1. The van der Waals surface area contributed by atoms with Crippen molar-refractivity contribution in [2.75, 3.05) is 26.7 Å². The van der Waals surface area contributed by atoms with Crippen LogP contribution in [0.25, 0.3) is 10.9 Å². The van der Waals surface area contributed by atoms with Crippen molar-refractivity contribution >= 4 is 17.1 Å². The summed E-state index contributed by atoms with van der Waals surface area (Å²) in [6, 6.07) is 8.36. The van der Waals surface area contributed by atoms with Gasteiger partial charge in [-0.2, -0.15) is 0 Å². The van der Waals surface area contributed by atoms with E-state index in [1.165, 1.54) is 23.6 Å². The first-order chi connectivity index (χ1) is 10.8. The average molecular weight is 300 g/mol. The normalized spacial score (nSPS) is 15.6. The zero-order valence-corrected chi connectivity index (χ0v) is 12.7. The van der Waals surface area contributed by atoms with Crippen LogP contribution in [0.2, 0.25) is 0 Å². The summed E-state index contributed by atoms with van der Waals surface area (Å²) in [4.78, 5) is 16.7. The van der Waals surface area contributed by atoms with E-state index in [4.69, 9.17) is 4.74 Å². The second kappa shape index (κ2) is 6.66. The Balaban J connectivity index is 1.54. The third-order valence-corrected chi connectivity index (χ3v) is 4.00. The van der Waals surface area contributed by atoms with Crippen molar-refractivity contribution in [1.29, 1.82) is 0 Å². The first kappa shape index (κ1) is 14.7. The fourth-order valence-corrected chi connectivity index (χ4v) is 2.75. The summed E-state index contributed by atoms with van der Waals surface area (Å²) in [7, 11) is 1.32. The molecule has 2 heterocycles. The molecular weight excluding hydrogens is 280 g/mol. The predicted molar refractivity (Wildman–Crippen MR) is 84.6 cm³/mol. The lowest BCUT2D eigenvalue weighted by Gasteiger charge is -2.25. The van der Waals surface area contributed by atoms with Gasteiger partial charge in [-0.3, -0.25) is 4.90 Å². The van der Waals surface area contributed by atoms with E-state index in [1.54, 1.807) is 0 Å². The molecule has 0 saturated heterocycles. The van der Waals surface area contributed by atoms with Crippen LogP contribution in [-0.2, 0) is 15.9 Å². The molecule has 5 nitrogen and oxygen atoms in total. The molecule has 0 atom stereocenters. The number of carbonyl (C=O) groups is 1.